The van der Waals surface area contributed by atoms with E-state index < -0.39 is 4.92 Å². The number of hydrogen-bond donors (Lipinski definition) is 1. The number of non-ortho nitro benzene ring substituents is 1. The van der Waals surface area contributed by atoms with Gasteiger partial charge in [-0.1, -0.05) is 30.3 Å². The molecule has 29 heavy (non-hydrogen) atoms. The van der Waals surface area contributed by atoms with Gasteiger partial charge in [-0.3, -0.25) is 19.7 Å². The summed E-state index contributed by atoms with van der Waals surface area (Å²) in [6, 6.07) is 16.0. The molecule has 1 N–H and O–H groups in total. The Morgan fingerprint density at radius 3 is 2.28 bits per heavy atom. The van der Waals surface area contributed by atoms with Crippen molar-refractivity contribution in [2.45, 2.75) is 12.3 Å². The molecule has 150 valence electrons. The third kappa shape index (κ3) is 3.97. The Morgan fingerprint density at radius 2 is 1.66 bits per heavy atom. The molecule has 2 aliphatic heterocycles. The number of carbonyl (C=O) groups is 2. The molecule has 2 fully saturated rings. The maximum absolute atomic E-state index is 12.8. The molecule has 2 heterocycles. The Kier molecular flexibility index (Phi) is 5.26. The van der Waals surface area contributed by atoms with Crippen molar-refractivity contribution in [1.82, 2.24) is 4.90 Å². The molecule has 0 saturated carbocycles. The predicted octanol–water partition coefficient (Wildman–Crippen LogP) is 0.800. The van der Waals surface area contributed by atoms with Crippen LogP contribution < -0.4 is 9.80 Å². The first kappa shape index (κ1) is 19.1. The van der Waals surface area contributed by atoms with Gasteiger partial charge in [0.25, 0.3) is 5.69 Å². The highest BCUT2D eigenvalue weighted by molar-refractivity contribution is 6.06. The average molecular weight is 395 g/mol. The summed E-state index contributed by atoms with van der Waals surface area (Å²) in [5.41, 5.74) is 1.93. The topological polar surface area (TPSA) is 88.2 Å². The predicted molar refractivity (Wildman–Crippen MR) is 107 cm³/mol. The molecule has 0 bridgehead atoms. The molecular formula is C21H23N4O4+. The van der Waals surface area contributed by atoms with Crippen LogP contribution in [0.2, 0.25) is 0 Å². The maximum atomic E-state index is 12.8. The van der Waals surface area contributed by atoms with Crippen LogP contribution in [0.15, 0.2) is 54.6 Å². The number of carbonyl (C=O) groups excluding carboxylic acids is 2. The number of nitrogens with zero attached hydrogens (tertiary/aromatic N) is 3. The Balaban J connectivity index is 1.34. The highest BCUT2D eigenvalue weighted by Crippen LogP contribution is 2.28. The zero-order valence-corrected chi connectivity index (χ0v) is 16.0. The molecule has 2 aromatic carbocycles. The molecule has 4 rings (SSSR count). The van der Waals surface area contributed by atoms with Crippen molar-refractivity contribution < 1.29 is 19.4 Å². The number of benzene rings is 2. The fourth-order valence-electron chi connectivity index (χ4n) is 4.04. The van der Waals surface area contributed by atoms with Crippen molar-refractivity contribution >= 4 is 23.2 Å². The van der Waals surface area contributed by atoms with Crippen LogP contribution in [-0.4, -0.2) is 54.5 Å². The highest BCUT2D eigenvalue weighted by atomic mass is 16.6. The van der Waals surface area contributed by atoms with E-state index >= 15 is 0 Å². The molecule has 2 aliphatic rings. The van der Waals surface area contributed by atoms with E-state index in [1.165, 1.54) is 21.9 Å². The third-order valence-electron chi connectivity index (χ3n) is 5.72. The van der Waals surface area contributed by atoms with Crippen LogP contribution in [0.3, 0.4) is 0 Å². The molecule has 2 aromatic rings. The summed E-state index contributed by atoms with van der Waals surface area (Å²) in [5.74, 6) is -0.579. The Morgan fingerprint density at radius 1 is 1.00 bits per heavy atom. The molecule has 0 aromatic heterocycles. The minimum Gasteiger partial charge on any atom is -0.360 e. The van der Waals surface area contributed by atoms with Gasteiger partial charge in [0.15, 0.2) is 6.67 Å². The lowest BCUT2D eigenvalue weighted by Crippen LogP contribution is -3.16. The van der Waals surface area contributed by atoms with E-state index in [9.17, 15) is 19.7 Å². The standard InChI is InChI=1S/C21H22N4O4/c26-20-14-19(16-4-2-1-3-5-16)21(27)24(20)15-22-10-12-23(13-11-22)17-6-8-18(9-7-17)25(28)29/h1-9,19H,10-15H2/p+1/t19-/m1/s1. The summed E-state index contributed by atoms with van der Waals surface area (Å²) in [5, 5.41) is 10.8. The molecule has 0 spiro atoms. The van der Waals surface area contributed by atoms with Crippen molar-refractivity contribution in [3.63, 3.8) is 0 Å². The number of anilines is 1. The molecule has 2 saturated heterocycles. The minimum atomic E-state index is -0.404. The average Bonchev–Trinajstić information content (AvgIpc) is 3.03. The number of imide groups is 1. The van der Waals surface area contributed by atoms with Crippen LogP contribution in [-0.2, 0) is 9.59 Å². The number of nitro benzene ring substituents is 1. The second-order valence-corrected chi connectivity index (χ2v) is 7.50. The van der Waals surface area contributed by atoms with E-state index in [-0.39, 0.29) is 29.8 Å². The highest BCUT2D eigenvalue weighted by Gasteiger charge is 2.41. The summed E-state index contributed by atoms with van der Waals surface area (Å²) in [4.78, 5) is 40.4. The lowest BCUT2D eigenvalue weighted by molar-refractivity contribution is -0.907. The quantitative estimate of drug-likeness (QED) is 0.460. The Bertz CT molecular complexity index is 908. The molecule has 1 atom stereocenters. The fraction of sp³-hybridized carbons (Fsp3) is 0.333. The van der Waals surface area contributed by atoms with E-state index in [0.29, 0.717) is 6.67 Å². The lowest BCUT2D eigenvalue weighted by atomic mass is 9.98. The SMILES string of the molecule is O=C1C[C@H](c2ccccc2)C(=O)N1C[NH+]1CCN(c2ccc([N+](=O)[O-])cc2)CC1. The van der Waals surface area contributed by atoms with E-state index in [1.807, 2.05) is 30.3 Å². The van der Waals surface area contributed by atoms with Gasteiger partial charge < -0.3 is 9.80 Å². The van der Waals surface area contributed by atoms with Crippen LogP contribution in [0.25, 0.3) is 0 Å². The fourth-order valence-corrected chi connectivity index (χ4v) is 4.04. The van der Waals surface area contributed by atoms with Crippen LogP contribution in [0, 0.1) is 10.1 Å². The number of amides is 2. The summed E-state index contributed by atoms with van der Waals surface area (Å²) in [7, 11) is 0. The number of quaternary nitrogens is 1. The van der Waals surface area contributed by atoms with Crippen LogP contribution in [0.4, 0.5) is 11.4 Å². The molecular weight excluding hydrogens is 372 g/mol. The normalized spacial score (nSPS) is 20.3. The largest absolute Gasteiger partial charge is 0.360 e. The molecule has 0 aliphatic carbocycles. The number of rotatable bonds is 5. The summed E-state index contributed by atoms with van der Waals surface area (Å²) in [6.45, 7) is 3.53. The van der Waals surface area contributed by atoms with E-state index in [1.54, 1.807) is 12.1 Å². The van der Waals surface area contributed by atoms with Gasteiger partial charge in [-0.15, -0.1) is 0 Å². The molecule has 8 nitrogen and oxygen atoms in total. The van der Waals surface area contributed by atoms with Crippen molar-refractivity contribution in [2.24, 2.45) is 0 Å². The van der Waals surface area contributed by atoms with Gasteiger partial charge in [-0.05, 0) is 17.7 Å². The van der Waals surface area contributed by atoms with Gasteiger partial charge in [0, 0.05) is 24.2 Å². The van der Waals surface area contributed by atoms with Gasteiger partial charge >= 0.3 is 0 Å². The van der Waals surface area contributed by atoms with Gasteiger partial charge in [-0.25, -0.2) is 4.90 Å². The maximum Gasteiger partial charge on any atom is 0.269 e. The number of likely N-dealkylation sites (tertiary alicyclic amines) is 1. The third-order valence-corrected chi connectivity index (χ3v) is 5.72. The lowest BCUT2D eigenvalue weighted by Gasteiger charge is -2.34. The van der Waals surface area contributed by atoms with E-state index in [2.05, 4.69) is 4.90 Å². The first-order chi connectivity index (χ1) is 14.0. The van der Waals surface area contributed by atoms with Gasteiger partial charge in [0.1, 0.15) is 0 Å². The Hall–Kier alpha value is -3.26. The second-order valence-electron chi connectivity index (χ2n) is 7.50. The number of nitrogens with one attached hydrogen (secondary N) is 1. The van der Waals surface area contributed by atoms with Crippen LogP contribution in [0.5, 0.6) is 0 Å². The molecule has 8 heteroatoms. The minimum absolute atomic E-state index is 0.0806. The van der Waals surface area contributed by atoms with E-state index in [0.717, 1.165) is 37.4 Å². The summed E-state index contributed by atoms with van der Waals surface area (Å²) in [6.07, 6.45) is 0.241. The zero-order valence-electron chi connectivity index (χ0n) is 16.0. The van der Waals surface area contributed by atoms with Gasteiger partial charge in [-0.2, -0.15) is 0 Å². The number of piperazine rings is 1. The van der Waals surface area contributed by atoms with Gasteiger partial charge in [0.2, 0.25) is 11.8 Å². The van der Waals surface area contributed by atoms with Crippen molar-refractivity contribution in [3.8, 4) is 0 Å². The first-order valence-corrected chi connectivity index (χ1v) is 9.75. The second kappa shape index (κ2) is 8.00. The first-order valence-electron chi connectivity index (χ1n) is 9.75. The van der Waals surface area contributed by atoms with E-state index in [4.69, 9.17) is 0 Å². The number of hydrogen-bond acceptors (Lipinski definition) is 5. The summed E-state index contributed by atoms with van der Waals surface area (Å²) < 4.78 is 0. The number of nitro groups is 1. The molecule has 0 unspecified atom stereocenters. The van der Waals surface area contributed by atoms with Crippen LogP contribution in [0.1, 0.15) is 17.9 Å². The van der Waals surface area contributed by atoms with Crippen molar-refractivity contribution in [3.05, 3.63) is 70.3 Å². The van der Waals surface area contributed by atoms with Crippen LogP contribution >= 0.6 is 0 Å². The molecule has 0 radical (unpaired) electrons. The van der Waals surface area contributed by atoms with Crippen molar-refractivity contribution in [1.29, 1.82) is 0 Å². The van der Waals surface area contributed by atoms with Gasteiger partial charge in [0.05, 0.1) is 37.0 Å². The Labute approximate surface area is 168 Å². The smallest absolute Gasteiger partial charge is 0.269 e. The van der Waals surface area contributed by atoms with Crippen molar-refractivity contribution in [2.75, 3.05) is 37.7 Å². The molecule has 2 amide bonds. The zero-order chi connectivity index (χ0) is 20.4. The summed E-state index contributed by atoms with van der Waals surface area (Å²) >= 11 is 0. The monoisotopic (exact) mass is 395 g/mol.